The third-order valence-electron chi connectivity index (χ3n) is 5.01. The van der Waals surface area contributed by atoms with Crippen LogP contribution in [0.2, 0.25) is 0 Å². The Morgan fingerprint density at radius 2 is 1.93 bits per heavy atom. The minimum absolute atomic E-state index is 0.139. The molecule has 1 aromatic carbocycles. The molecule has 3 rings (SSSR count). The van der Waals surface area contributed by atoms with Crippen molar-refractivity contribution >= 4 is 11.7 Å². The lowest BCUT2D eigenvalue weighted by atomic mass is 9.98. The summed E-state index contributed by atoms with van der Waals surface area (Å²) in [6, 6.07) is 13.3. The molecule has 1 aromatic heterocycles. The van der Waals surface area contributed by atoms with Crippen LogP contribution in [-0.2, 0) is 16.9 Å². The van der Waals surface area contributed by atoms with Crippen molar-refractivity contribution in [3.8, 4) is 0 Å². The van der Waals surface area contributed by atoms with Gasteiger partial charge >= 0.3 is 0 Å². The average Bonchev–Trinajstić information content (AvgIpc) is 3.47. The first kappa shape index (κ1) is 19.0. The molecule has 1 aliphatic rings. The van der Waals surface area contributed by atoms with Gasteiger partial charge in [-0.05, 0) is 38.3 Å². The van der Waals surface area contributed by atoms with E-state index in [0.717, 1.165) is 5.56 Å². The smallest absolute Gasteiger partial charge is 0.234 e. The van der Waals surface area contributed by atoms with Gasteiger partial charge in [-0.25, -0.2) is 0 Å². The molecular formula is C21H26N4O2. The zero-order chi connectivity index (χ0) is 19.7. The minimum Gasteiger partial charge on any atom is -0.386 e. The van der Waals surface area contributed by atoms with E-state index in [0.29, 0.717) is 30.4 Å². The summed E-state index contributed by atoms with van der Waals surface area (Å²) in [4.78, 5) is 17.1. The number of carbonyl (C=O) groups excluding carboxylic acids is 1. The van der Waals surface area contributed by atoms with Crippen LogP contribution in [0.5, 0.6) is 0 Å². The summed E-state index contributed by atoms with van der Waals surface area (Å²) in [7, 11) is 1.63. The van der Waals surface area contributed by atoms with Gasteiger partial charge in [-0.2, -0.15) is 0 Å². The number of benzene rings is 1. The number of carbonyl (C=O) groups is 1. The normalized spacial score (nSPS) is 16.1. The molecule has 1 saturated carbocycles. The molecule has 27 heavy (non-hydrogen) atoms. The molecule has 0 spiro atoms. The van der Waals surface area contributed by atoms with Crippen LogP contribution in [0.1, 0.15) is 37.8 Å². The molecule has 0 atom stereocenters. The molecule has 142 valence electrons. The zero-order valence-electron chi connectivity index (χ0n) is 16.0. The fraction of sp³-hybridized carbons (Fsp3) is 0.381. The van der Waals surface area contributed by atoms with Crippen LogP contribution < -0.4 is 10.8 Å². The highest BCUT2D eigenvalue weighted by atomic mass is 16.3. The largest absolute Gasteiger partial charge is 0.386 e. The first-order chi connectivity index (χ1) is 12.8. The number of pyridine rings is 1. The molecule has 0 unspecified atom stereocenters. The van der Waals surface area contributed by atoms with E-state index in [2.05, 4.69) is 10.3 Å². The fourth-order valence-corrected chi connectivity index (χ4v) is 3.26. The third-order valence-corrected chi connectivity index (χ3v) is 5.01. The molecule has 3 N–H and O–H groups in total. The van der Waals surface area contributed by atoms with Crippen molar-refractivity contribution in [2.24, 2.45) is 10.4 Å². The van der Waals surface area contributed by atoms with Gasteiger partial charge in [0.25, 0.3) is 0 Å². The lowest BCUT2D eigenvalue weighted by Crippen LogP contribution is -2.44. The van der Waals surface area contributed by atoms with E-state index in [1.165, 1.54) is 0 Å². The number of aliphatic hydroxyl groups is 1. The van der Waals surface area contributed by atoms with Gasteiger partial charge in [0, 0.05) is 25.4 Å². The first-order valence-corrected chi connectivity index (χ1v) is 9.08. The maximum absolute atomic E-state index is 12.9. The van der Waals surface area contributed by atoms with Crippen LogP contribution in [0.4, 0.5) is 0 Å². The molecule has 1 aliphatic carbocycles. The molecule has 6 nitrogen and oxygen atoms in total. The summed E-state index contributed by atoms with van der Waals surface area (Å²) in [5, 5.41) is 22.1. The number of nitrogens with zero attached hydrogens (tertiary/aromatic N) is 2. The van der Waals surface area contributed by atoms with Gasteiger partial charge < -0.3 is 10.4 Å². The second-order valence-electron chi connectivity index (χ2n) is 7.50. The van der Waals surface area contributed by atoms with Crippen molar-refractivity contribution in [3.63, 3.8) is 0 Å². The van der Waals surface area contributed by atoms with Gasteiger partial charge in [-0.15, -0.1) is 0 Å². The second kappa shape index (κ2) is 7.12. The van der Waals surface area contributed by atoms with E-state index < -0.39 is 11.0 Å². The molecule has 1 heterocycles. The van der Waals surface area contributed by atoms with Gasteiger partial charge in [0.05, 0.1) is 5.60 Å². The van der Waals surface area contributed by atoms with Crippen LogP contribution in [0.25, 0.3) is 0 Å². The standard InChI is InChI=1S/C21H26N4O2/c1-20(2,27)16-10-7-13-25(17(16)23-3)18(22)21(11-12-21)19(26)24-14-15-8-5-4-6-9-15/h4-10,13,22,27H,11-12,14H2,1-3H3,(H,24,26). The molecule has 0 aliphatic heterocycles. The van der Waals surface area contributed by atoms with Crippen molar-refractivity contribution in [3.05, 3.63) is 65.3 Å². The van der Waals surface area contributed by atoms with E-state index in [4.69, 9.17) is 5.41 Å². The molecule has 1 fully saturated rings. The number of amides is 1. The van der Waals surface area contributed by atoms with Crippen molar-refractivity contribution in [2.45, 2.75) is 38.8 Å². The number of hydrogen-bond donors (Lipinski definition) is 3. The molecule has 2 aromatic rings. The van der Waals surface area contributed by atoms with E-state index in [9.17, 15) is 9.90 Å². The molecule has 6 heteroatoms. The second-order valence-corrected chi connectivity index (χ2v) is 7.50. The van der Waals surface area contributed by atoms with Gasteiger partial charge in [0.15, 0.2) is 0 Å². The summed E-state index contributed by atoms with van der Waals surface area (Å²) in [6.45, 7) is 3.81. The highest BCUT2D eigenvalue weighted by molar-refractivity contribution is 6.09. The molecule has 0 radical (unpaired) electrons. The number of hydrogen-bond acceptors (Lipinski definition) is 4. The highest BCUT2D eigenvalue weighted by Gasteiger charge is 2.54. The monoisotopic (exact) mass is 366 g/mol. The first-order valence-electron chi connectivity index (χ1n) is 9.08. The summed E-state index contributed by atoms with van der Waals surface area (Å²) in [5.74, 6) is 0.0549. The fourth-order valence-electron chi connectivity index (χ4n) is 3.26. The summed E-state index contributed by atoms with van der Waals surface area (Å²) >= 11 is 0. The highest BCUT2D eigenvalue weighted by Crippen LogP contribution is 2.47. The average molecular weight is 366 g/mol. The summed E-state index contributed by atoms with van der Waals surface area (Å²) in [6.07, 6.45) is 3.00. The Kier molecular flexibility index (Phi) is 5.02. The number of rotatable bonds is 5. The number of nitrogens with one attached hydrogen (secondary N) is 2. The lowest BCUT2D eigenvalue weighted by molar-refractivity contribution is -0.124. The van der Waals surface area contributed by atoms with Crippen LogP contribution in [0.3, 0.4) is 0 Å². The minimum atomic E-state index is -1.09. The quantitative estimate of drug-likeness (QED) is 0.559. The topological polar surface area (TPSA) is 90.5 Å². The van der Waals surface area contributed by atoms with Gasteiger partial charge in [0.2, 0.25) is 5.91 Å². The Morgan fingerprint density at radius 1 is 1.26 bits per heavy atom. The van der Waals surface area contributed by atoms with Crippen molar-refractivity contribution in [2.75, 3.05) is 7.05 Å². The van der Waals surface area contributed by atoms with E-state index in [-0.39, 0.29) is 11.7 Å². The predicted octanol–water partition coefficient (Wildman–Crippen LogP) is 2.17. The SMILES string of the molecule is CN=c1c(C(C)(C)O)cccn1C(=N)C1(C(=O)NCc2ccccc2)CC1. The Bertz CT molecular complexity index is 919. The van der Waals surface area contributed by atoms with Crippen molar-refractivity contribution in [1.29, 1.82) is 5.41 Å². The van der Waals surface area contributed by atoms with Crippen LogP contribution in [0, 0.1) is 10.8 Å². The molecule has 1 amide bonds. The molecule has 0 bridgehead atoms. The Hall–Kier alpha value is -2.73. The maximum atomic E-state index is 12.9. The van der Waals surface area contributed by atoms with Crippen molar-refractivity contribution < 1.29 is 9.90 Å². The number of aromatic nitrogens is 1. The summed E-state index contributed by atoms with van der Waals surface area (Å²) in [5.41, 5.74) is 0.214. The Balaban J connectivity index is 1.86. The Morgan fingerprint density at radius 3 is 2.48 bits per heavy atom. The summed E-state index contributed by atoms with van der Waals surface area (Å²) < 4.78 is 1.61. The van der Waals surface area contributed by atoms with Crippen LogP contribution in [-0.4, -0.2) is 28.5 Å². The lowest BCUT2D eigenvalue weighted by Gasteiger charge is -2.23. The van der Waals surface area contributed by atoms with Crippen LogP contribution >= 0.6 is 0 Å². The van der Waals surface area contributed by atoms with Gasteiger partial charge in [-0.1, -0.05) is 36.4 Å². The van der Waals surface area contributed by atoms with Crippen LogP contribution in [0.15, 0.2) is 53.7 Å². The molecular weight excluding hydrogens is 340 g/mol. The van der Waals surface area contributed by atoms with E-state index in [1.54, 1.807) is 43.8 Å². The van der Waals surface area contributed by atoms with E-state index >= 15 is 0 Å². The van der Waals surface area contributed by atoms with E-state index in [1.807, 2.05) is 30.3 Å². The zero-order valence-corrected chi connectivity index (χ0v) is 16.0. The van der Waals surface area contributed by atoms with Crippen molar-refractivity contribution in [1.82, 2.24) is 9.88 Å². The molecule has 0 saturated heterocycles. The predicted molar refractivity (Wildman–Crippen MR) is 104 cm³/mol. The van der Waals surface area contributed by atoms with Gasteiger partial charge in [0.1, 0.15) is 16.7 Å². The maximum Gasteiger partial charge on any atom is 0.234 e. The Labute approximate surface area is 159 Å². The van der Waals surface area contributed by atoms with Gasteiger partial charge in [-0.3, -0.25) is 19.8 Å². The third kappa shape index (κ3) is 3.71.